The molecular weight excluding hydrogens is 228 g/mol. The first-order valence-corrected chi connectivity index (χ1v) is 7.10. The van der Waals surface area contributed by atoms with E-state index in [-0.39, 0.29) is 12.2 Å². The third-order valence-electron chi connectivity index (χ3n) is 1.95. The molecule has 0 aliphatic rings. The lowest BCUT2D eigenvalue weighted by Crippen LogP contribution is -2.11. The average molecular weight is 262 g/mol. The molecule has 0 spiro atoms. The Morgan fingerprint density at radius 3 is 1.28 bits per heavy atom. The average Bonchev–Trinajstić information content (AvgIpc) is 2.15. The zero-order valence-electron chi connectivity index (χ0n) is 13.7. The van der Waals surface area contributed by atoms with Crippen molar-refractivity contribution < 1.29 is 14.2 Å². The van der Waals surface area contributed by atoms with Crippen molar-refractivity contribution in [1.82, 2.24) is 0 Å². The van der Waals surface area contributed by atoms with Crippen LogP contribution in [0.5, 0.6) is 0 Å². The van der Waals surface area contributed by atoms with E-state index in [1.807, 2.05) is 27.7 Å². The molecule has 0 N–H and O–H groups in total. The Morgan fingerprint density at radius 2 is 1.00 bits per heavy atom. The highest BCUT2D eigenvalue weighted by atomic mass is 16.7. The van der Waals surface area contributed by atoms with Crippen molar-refractivity contribution in [2.24, 2.45) is 5.92 Å². The summed E-state index contributed by atoms with van der Waals surface area (Å²) in [5.41, 5.74) is 0. The summed E-state index contributed by atoms with van der Waals surface area (Å²) in [4.78, 5) is 0. The number of hydrogen-bond acceptors (Lipinski definition) is 3. The highest BCUT2D eigenvalue weighted by molar-refractivity contribution is 4.44. The maximum atomic E-state index is 5.35. The lowest BCUT2D eigenvalue weighted by atomic mass is 10.1. The van der Waals surface area contributed by atoms with Crippen LogP contribution >= 0.6 is 0 Å². The largest absolute Gasteiger partial charge is 0.379 e. The van der Waals surface area contributed by atoms with E-state index < -0.39 is 0 Å². The van der Waals surface area contributed by atoms with Gasteiger partial charge in [-0.15, -0.1) is 0 Å². The van der Waals surface area contributed by atoms with Crippen molar-refractivity contribution in [2.75, 3.05) is 13.4 Å². The second kappa shape index (κ2) is 13.3. The highest BCUT2D eigenvalue weighted by Gasteiger charge is 1.95. The molecule has 0 aliphatic heterocycles. The molecule has 0 saturated heterocycles. The standard InChI is InChI=1S/C8H18O.C7H16O2/c1-7(2)5-6-9-8(3)4;1-6(2)8-5-9-7(3)4/h7-8H,5-6H2,1-4H3;6-7H,5H2,1-4H3. The van der Waals surface area contributed by atoms with Gasteiger partial charge in [-0.1, -0.05) is 13.8 Å². The Morgan fingerprint density at radius 1 is 0.611 bits per heavy atom. The Hall–Kier alpha value is -0.120. The van der Waals surface area contributed by atoms with Crippen LogP contribution in [-0.4, -0.2) is 31.7 Å². The fourth-order valence-electron chi connectivity index (χ4n) is 0.851. The molecule has 0 fully saturated rings. The molecule has 0 amide bonds. The van der Waals surface area contributed by atoms with Gasteiger partial charge in [-0.05, 0) is 53.9 Å². The third-order valence-corrected chi connectivity index (χ3v) is 1.95. The normalized spacial score (nSPS) is 11.3. The Kier molecular flexibility index (Phi) is 14.9. The lowest BCUT2D eigenvalue weighted by molar-refractivity contribution is -0.0994. The van der Waals surface area contributed by atoms with E-state index in [1.54, 1.807) is 0 Å². The maximum absolute atomic E-state index is 5.35. The van der Waals surface area contributed by atoms with Gasteiger partial charge in [0.2, 0.25) is 0 Å². The topological polar surface area (TPSA) is 27.7 Å². The molecule has 0 aromatic heterocycles. The number of hydrogen-bond donors (Lipinski definition) is 0. The zero-order chi connectivity index (χ0) is 14.6. The number of ether oxygens (including phenoxy) is 3. The summed E-state index contributed by atoms with van der Waals surface area (Å²) in [7, 11) is 0. The van der Waals surface area contributed by atoms with Gasteiger partial charge in [0.1, 0.15) is 6.79 Å². The second-order valence-corrected chi connectivity index (χ2v) is 5.65. The van der Waals surface area contributed by atoms with Crippen molar-refractivity contribution in [3.63, 3.8) is 0 Å². The van der Waals surface area contributed by atoms with Gasteiger partial charge in [-0.3, -0.25) is 0 Å². The van der Waals surface area contributed by atoms with E-state index in [2.05, 4.69) is 27.7 Å². The molecule has 0 bridgehead atoms. The van der Waals surface area contributed by atoms with Gasteiger partial charge in [-0.25, -0.2) is 0 Å². The molecule has 112 valence electrons. The van der Waals surface area contributed by atoms with Crippen LogP contribution in [0.15, 0.2) is 0 Å². The van der Waals surface area contributed by atoms with Gasteiger partial charge in [0.15, 0.2) is 0 Å². The molecule has 0 atom stereocenters. The zero-order valence-corrected chi connectivity index (χ0v) is 13.7. The van der Waals surface area contributed by atoms with E-state index >= 15 is 0 Å². The van der Waals surface area contributed by atoms with Crippen molar-refractivity contribution in [2.45, 2.75) is 80.1 Å². The summed E-state index contributed by atoms with van der Waals surface area (Å²) in [6, 6.07) is 0. The summed E-state index contributed by atoms with van der Waals surface area (Å²) in [5, 5.41) is 0. The van der Waals surface area contributed by atoms with E-state index in [0.29, 0.717) is 12.9 Å². The van der Waals surface area contributed by atoms with E-state index in [9.17, 15) is 0 Å². The van der Waals surface area contributed by atoms with Crippen molar-refractivity contribution in [3.05, 3.63) is 0 Å². The predicted octanol–water partition coefficient (Wildman–Crippen LogP) is 4.25. The predicted molar refractivity (Wildman–Crippen MR) is 77.9 cm³/mol. The molecule has 0 radical (unpaired) electrons. The molecule has 0 aliphatic carbocycles. The van der Waals surface area contributed by atoms with Crippen LogP contribution in [-0.2, 0) is 14.2 Å². The molecule has 0 aromatic rings. The molecule has 0 heterocycles. The van der Waals surface area contributed by atoms with E-state index in [1.165, 1.54) is 6.42 Å². The van der Waals surface area contributed by atoms with E-state index in [0.717, 1.165) is 12.5 Å². The quantitative estimate of drug-likeness (QED) is 0.612. The molecule has 0 unspecified atom stereocenters. The summed E-state index contributed by atoms with van der Waals surface area (Å²) < 4.78 is 15.6. The summed E-state index contributed by atoms with van der Waals surface area (Å²) in [5.74, 6) is 0.767. The molecule has 0 rings (SSSR count). The van der Waals surface area contributed by atoms with Gasteiger partial charge in [0, 0.05) is 6.61 Å². The minimum Gasteiger partial charge on any atom is -0.379 e. The van der Waals surface area contributed by atoms with E-state index in [4.69, 9.17) is 14.2 Å². The summed E-state index contributed by atoms with van der Waals surface area (Å²) in [6.45, 7) is 17.8. The van der Waals surface area contributed by atoms with Crippen molar-refractivity contribution in [3.8, 4) is 0 Å². The number of rotatable bonds is 8. The van der Waals surface area contributed by atoms with Crippen molar-refractivity contribution in [1.29, 1.82) is 0 Å². The van der Waals surface area contributed by atoms with Crippen LogP contribution in [0.1, 0.15) is 61.8 Å². The van der Waals surface area contributed by atoms with Gasteiger partial charge in [0.05, 0.1) is 18.3 Å². The maximum Gasteiger partial charge on any atom is 0.147 e. The van der Waals surface area contributed by atoms with Gasteiger partial charge < -0.3 is 14.2 Å². The first-order valence-electron chi connectivity index (χ1n) is 7.10. The first kappa shape index (κ1) is 20.2. The van der Waals surface area contributed by atoms with Gasteiger partial charge in [0.25, 0.3) is 0 Å². The monoisotopic (exact) mass is 262 g/mol. The Labute approximate surface area is 114 Å². The van der Waals surface area contributed by atoms with Crippen molar-refractivity contribution >= 4 is 0 Å². The van der Waals surface area contributed by atoms with Gasteiger partial charge in [-0.2, -0.15) is 0 Å². The Balaban J connectivity index is 0. The smallest absolute Gasteiger partial charge is 0.147 e. The fourth-order valence-corrected chi connectivity index (χ4v) is 0.851. The van der Waals surface area contributed by atoms with Crippen LogP contribution in [0.3, 0.4) is 0 Å². The van der Waals surface area contributed by atoms with Crippen LogP contribution in [0.2, 0.25) is 0 Å². The SMILES string of the molecule is CC(C)CCOC(C)C.CC(C)OCOC(C)C. The minimum absolute atomic E-state index is 0.267. The van der Waals surface area contributed by atoms with Crippen LogP contribution in [0.25, 0.3) is 0 Å². The highest BCUT2D eigenvalue weighted by Crippen LogP contribution is 2.00. The first-order chi connectivity index (χ1) is 8.25. The second-order valence-electron chi connectivity index (χ2n) is 5.65. The van der Waals surface area contributed by atoms with Crippen LogP contribution < -0.4 is 0 Å². The molecule has 0 saturated carbocycles. The Bertz CT molecular complexity index is 120. The van der Waals surface area contributed by atoms with Crippen LogP contribution in [0, 0.1) is 5.92 Å². The minimum atomic E-state index is 0.267. The van der Waals surface area contributed by atoms with Crippen LogP contribution in [0.4, 0.5) is 0 Å². The summed E-state index contributed by atoms with van der Waals surface area (Å²) >= 11 is 0. The van der Waals surface area contributed by atoms with Gasteiger partial charge >= 0.3 is 0 Å². The molecule has 0 aromatic carbocycles. The molecule has 3 nitrogen and oxygen atoms in total. The molecule has 18 heavy (non-hydrogen) atoms. The molecule has 3 heteroatoms. The lowest BCUT2D eigenvalue weighted by Gasteiger charge is -2.09. The third kappa shape index (κ3) is 24.9. The molecular formula is C15H34O3. The summed E-state index contributed by atoms with van der Waals surface area (Å²) in [6.07, 6.45) is 2.11. The fraction of sp³-hybridized carbons (Fsp3) is 1.00.